The number of rotatable bonds is 4. The molecule has 0 heterocycles. The normalized spacial score (nSPS) is 10.3. The number of para-hydroxylation sites is 1. The van der Waals surface area contributed by atoms with E-state index in [4.69, 9.17) is 0 Å². The molecule has 0 aliphatic heterocycles. The summed E-state index contributed by atoms with van der Waals surface area (Å²) in [5, 5.41) is 5.77. The van der Waals surface area contributed by atoms with E-state index in [1.165, 1.54) is 0 Å². The number of carbonyl (C=O) groups excluding carboxylic acids is 2. The Bertz CT molecular complexity index is 1010. The molecule has 0 saturated heterocycles. The fourth-order valence-corrected chi connectivity index (χ4v) is 2.91. The van der Waals surface area contributed by atoms with Gasteiger partial charge in [0.1, 0.15) is 0 Å². The molecule has 0 atom stereocenters. The summed E-state index contributed by atoms with van der Waals surface area (Å²) >= 11 is 0. The van der Waals surface area contributed by atoms with Crippen LogP contribution in [0, 0.1) is 20.8 Å². The van der Waals surface area contributed by atoms with Crippen LogP contribution in [0.25, 0.3) is 0 Å². The van der Waals surface area contributed by atoms with Gasteiger partial charge in [0, 0.05) is 11.3 Å². The second-order valence-electron chi connectivity index (χ2n) is 6.64. The first kappa shape index (κ1) is 18.4. The molecule has 0 aliphatic rings. The van der Waals surface area contributed by atoms with Crippen LogP contribution in [0.15, 0.2) is 66.7 Å². The lowest BCUT2D eigenvalue weighted by Gasteiger charge is -2.13. The summed E-state index contributed by atoms with van der Waals surface area (Å²) < 4.78 is 0. The van der Waals surface area contributed by atoms with Gasteiger partial charge < -0.3 is 10.6 Å². The van der Waals surface area contributed by atoms with Gasteiger partial charge in [0.05, 0.1) is 11.3 Å². The quantitative estimate of drug-likeness (QED) is 0.680. The molecule has 4 nitrogen and oxygen atoms in total. The average molecular weight is 358 g/mol. The standard InChI is InChI=1S/C23H22N2O2/c1-15-7-6-8-18(14-15)22(26)25-21-10-5-4-9-19(21)23(27)24-20-12-11-16(2)13-17(20)3/h4-14H,1-3H3,(H,24,27)(H,25,26). The topological polar surface area (TPSA) is 58.2 Å². The highest BCUT2D eigenvalue weighted by atomic mass is 16.2. The molecule has 4 heteroatoms. The van der Waals surface area contributed by atoms with Gasteiger partial charge in [-0.1, -0.05) is 47.5 Å². The lowest BCUT2D eigenvalue weighted by molar-refractivity contribution is 0.102. The Balaban J connectivity index is 1.83. The number of amides is 2. The third-order valence-corrected chi connectivity index (χ3v) is 4.33. The number of benzene rings is 3. The third kappa shape index (κ3) is 4.42. The SMILES string of the molecule is Cc1cccc(C(=O)Nc2ccccc2C(=O)Nc2ccc(C)cc2C)c1. The van der Waals surface area contributed by atoms with Crippen molar-refractivity contribution < 1.29 is 9.59 Å². The number of nitrogens with one attached hydrogen (secondary N) is 2. The summed E-state index contributed by atoms with van der Waals surface area (Å²) in [7, 11) is 0. The molecule has 0 aliphatic carbocycles. The Labute approximate surface area is 159 Å². The molecule has 0 bridgehead atoms. The predicted molar refractivity (Wildman–Crippen MR) is 109 cm³/mol. The van der Waals surface area contributed by atoms with Gasteiger partial charge in [0.2, 0.25) is 0 Å². The summed E-state index contributed by atoms with van der Waals surface area (Å²) in [6, 6.07) is 20.2. The zero-order valence-corrected chi connectivity index (χ0v) is 15.7. The van der Waals surface area contributed by atoms with E-state index in [1.54, 1.807) is 30.3 Å². The van der Waals surface area contributed by atoms with Crippen LogP contribution in [0.2, 0.25) is 0 Å². The van der Waals surface area contributed by atoms with Crippen LogP contribution in [0.1, 0.15) is 37.4 Å². The van der Waals surface area contributed by atoms with Crippen LogP contribution >= 0.6 is 0 Å². The maximum absolute atomic E-state index is 12.8. The second-order valence-corrected chi connectivity index (χ2v) is 6.64. The van der Waals surface area contributed by atoms with Crippen LogP contribution in [0.4, 0.5) is 11.4 Å². The molecule has 0 saturated carbocycles. The van der Waals surface area contributed by atoms with Crippen LogP contribution in [0.5, 0.6) is 0 Å². The lowest BCUT2D eigenvalue weighted by Crippen LogP contribution is -2.18. The van der Waals surface area contributed by atoms with E-state index >= 15 is 0 Å². The first-order valence-electron chi connectivity index (χ1n) is 8.79. The van der Waals surface area contributed by atoms with Crippen molar-refractivity contribution in [3.8, 4) is 0 Å². The number of aryl methyl sites for hydroxylation is 3. The molecule has 0 spiro atoms. The number of hydrogen-bond donors (Lipinski definition) is 2. The van der Waals surface area contributed by atoms with Crippen LogP contribution < -0.4 is 10.6 Å². The van der Waals surface area contributed by atoms with Gasteiger partial charge in [-0.3, -0.25) is 9.59 Å². The van der Waals surface area contributed by atoms with E-state index in [0.29, 0.717) is 16.8 Å². The number of hydrogen-bond acceptors (Lipinski definition) is 2. The van der Waals surface area contributed by atoms with Crippen molar-refractivity contribution in [1.82, 2.24) is 0 Å². The van der Waals surface area contributed by atoms with Crippen molar-refractivity contribution in [2.45, 2.75) is 20.8 Å². The zero-order valence-electron chi connectivity index (χ0n) is 15.7. The minimum Gasteiger partial charge on any atom is -0.322 e. The molecule has 3 aromatic carbocycles. The van der Waals surface area contributed by atoms with Crippen LogP contribution in [0.3, 0.4) is 0 Å². The van der Waals surface area contributed by atoms with Crippen LogP contribution in [-0.4, -0.2) is 11.8 Å². The highest BCUT2D eigenvalue weighted by Gasteiger charge is 2.15. The third-order valence-electron chi connectivity index (χ3n) is 4.33. The molecule has 0 aromatic heterocycles. The Morgan fingerprint density at radius 2 is 1.37 bits per heavy atom. The van der Waals surface area contributed by atoms with Gasteiger partial charge in [-0.05, 0) is 56.7 Å². The second kappa shape index (κ2) is 7.87. The monoisotopic (exact) mass is 358 g/mol. The van der Waals surface area contributed by atoms with E-state index in [-0.39, 0.29) is 11.8 Å². The van der Waals surface area contributed by atoms with Gasteiger partial charge in [0.15, 0.2) is 0 Å². The molecule has 136 valence electrons. The number of anilines is 2. The molecule has 0 radical (unpaired) electrons. The largest absolute Gasteiger partial charge is 0.322 e. The lowest BCUT2D eigenvalue weighted by atomic mass is 10.1. The van der Waals surface area contributed by atoms with Gasteiger partial charge in [-0.25, -0.2) is 0 Å². The molecular weight excluding hydrogens is 336 g/mol. The summed E-state index contributed by atoms with van der Waals surface area (Å²) in [4.78, 5) is 25.3. The Hall–Kier alpha value is -3.40. The molecule has 2 N–H and O–H groups in total. The molecule has 3 rings (SSSR count). The minimum atomic E-state index is -0.262. The van der Waals surface area contributed by atoms with Crippen molar-refractivity contribution in [3.63, 3.8) is 0 Å². The molecular formula is C23H22N2O2. The molecule has 27 heavy (non-hydrogen) atoms. The van der Waals surface area contributed by atoms with Crippen molar-refractivity contribution >= 4 is 23.2 Å². The Morgan fingerprint density at radius 1 is 0.667 bits per heavy atom. The van der Waals surface area contributed by atoms with E-state index in [2.05, 4.69) is 10.6 Å². The molecule has 0 fully saturated rings. The highest BCUT2D eigenvalue weighted by molar-refractivity contribution is 6.12. The van der Waals surface area contributed by atoms with Crippen molar-refractivity contribution in [3.05, 3.63) is 94.5 Å². The smallest absolute Gasteiger partial charge is 0.257 e. The van der Waals surface area contributed by atoms with Crippen molar-refractivity contribution in [1.29, 1.82) is 0 Å². The molecule has 3 aromatic rings. The summed E-state index contributed by atoms with van der Waals surface area (Å²) in [5.41, 5.74) is 5.33. The maximum Gasteiger partial charge on any atom is 0.257 e. The van der Waals surface area contributed by atoms with E-state index in [0.717, 1.165) is 22.4 Å². The van der Waals surface area contributed by atoms with E-state index in [9.17, 15) is 9.59 Å². The Kier molecular flexibility index (Phi) is 5.36. The van der Waals surface area contributed by atoms with Gasteiger partial charge in [-0.2, -0.15) is 0 Å². The zero-order chi connectivity index (χ0) is 19.4. The summed E-state index contributed by atoms with van der Waals surface area (Å²) in [6.45, 7) is 5.89. The van der Waals surface area contributed by atoms with Crippen molar-refractivity contribution in [2.24, 2.45) is 0 Å². The predicted octanol–water partition coefficient (Wildman–Crippen LogP) is 5.12. The first-order valence-corrected chi connectivity index (χ1v) is 8.79. The summed E-state index contributed by atoms with van der Waals surface area (Å²) in [5.74, 6) is -0.507. The number of carbonyl (C=O) groups is 2. The van der Waals surface area contributed by atoms with Gasteiger partial charge in [-0.15, -0.1) is 0 Å². The fourth-order valence-electron chi connectivity index (χ4n) is 2.91. The van der Waals surface area contributed by atoms with Crippen LogP contribution in [-0.2, 0) is 0 Å². The molecule has 0 unspecified atom stereocenters. The summed E-state index contributed by atoms with van der Waals surface area (Å²) in [6.07, 6.45) is 0. The van der Waals surface area contributed by atoms with Crippen molar-refractivity contribution in [2.75, 3.05) is 10.6 Å². The van der Waals surface area contributed by atoms with Gasteiger partial charge in [0.25, 0.3) is 11.8 Å². The maximum atomic E-state index is 12.8. The van der Waals surface area contributed by atoms with E-state index < -0.39 is 0 Å². The average Bonchev–Trinajstić information content (AvgIpc) is 2.64. The van der Waals surface area contributed by atoms with E-state index in [1.807, 2.05) is 57.2 Å². The first-order chi connectivity index (χ1) is 12.9. The fraction of sp³-hybridized carbons (Fsp3) is 0.130. The highest BCUT2D eigenvalue weighted by Crippen LogP contribution is 2.21. The molecule has 2 amide bonds. The minimum absolute atomic E-state index is 0.245. The Morgan fingerprint density at radius 3 is 2.11 bits per heavy atom. The van der Waals surface area contributed by atoms with Gasteiger partial charge >= 0.3 is 0 Å².